The maximum absolute atomic E-state index is 11.8. The molecule has 7 heteroatoms. The van der Waals surface area contributed by atoms with Gasteiger partial charge in [-0.2, -0.15) is 0 Å². The number of carbonyl (C=O) groups excluding carboxylic acids is 1. The van der Waals surface area contributed by atoms with Gasteiger partial charge in [-0.3, -0.25) is 14.7 Å². The second-order valence-electron chi connectivity index (χ2n) is 8.63. The Labute approximate surface area is 205 Å². The van der Waals surface area contributed by atoms with Gasteiger partial charge in [-0.25, -0.2) is 0 Å². The van der Waals surface area contributed by atoms with Crippen molar-refractivity contribution >= 4 is 35.8 Å². The molecular formula is C24H40IN5O. The van der Waals surface area contributed by atoms with Crippen LogP contribution < -0.4 is 10.6 Å². The second-order valence-corrected chi connectivity index (χ2v) is 8.63. The number of halogens is 1. The van der Waals surface area contributed by atoms with Crippen molar-refractivity contribution in [2.45, 2.75) is 52.0 Å². The molecule has 1 aromatic rings. The van der Waals surface area contributed by atoms with Gasteiger partial charge in [0.15, 0.2) is 5.96 Å². The number of likely N-dealkylation sites (tertiary alicyclic amines) is 2. The largest absolute Gasteiger partial charge is 0.357 e. The topological polar surface area (TPSA) is 60.0 Å². The minimum absolute atomic E-state index is 0. The number of aliphatic imine (C=N–C) groups is 1. The summed E-state index contributed by atoms with van der Waals surface area (Å²) in [5, 5.41) is 6.84. The lowest BCUT2D eigenvalue weighted by Gasteiger charge is -2.36. The van der Waals surface area contributed by atoms with Crippen LogP contribution in [0.4, 0.5) is 0 Å². The fourth-order valence-electron chi connectivity index (χ4n) is 4.38. The van der Waals surface area contributed by atoms with Crippen LogP contribution in [0.5, 0.6) is 0 Å². The van der Waals surface area contributed by atoms with E-state index < -0.39 is 0 Å². The van der Waals surface area contributed by atoms with Gasteiger partial charge < -0.3 is 15.5 Å². The predicted molar refractivity (Wildman–Crippen MR) is 139 cm³/mol. The minimum atomic E-state index is 0. The van der Waals surface area contributed by atoms with Gasteiger partial charge in [0.2, 0.25) is 5.91 Å². The smallest absolute Gasteiger partial charge is 0.222 e. The summed E-state index contributed by atoms with van der Waals surface area (Å²) in [6.07, 6.45) is 5.20. The molecule has 3 rings (SSSR count). The van der Waals surface area contributed by atoms with Gasteiger partial charge in [0.25, 0.3) is 0 Å². The summed E-state index contributed by atoms with van der Waals surface area (Å²) >= 11 is 0. The number of carbonyl (C=O) groups is 1. The van der Waals surface area contributed by atoms with Crippen molar-refractivity contribution in [1.82, 2.24) is 20.4 Å². The molecule has 0 bridgehead atoms. The Morgan fingerprint density at radius 2 is 1.90 bits per heavy atom. The Bertz CT molecular complexity index is 676. The van der Waals surface area contributed by atoms with Gasteiger partial charge in [0.1, 0.15) is 0 Å². The molecule has 0 spiro atoms. The third kappa shape index (κ3) is 8.25. The first kappa shape index (κ1) is 25.9. The monoisotopic (exact) mass is 541 g/mol. The predicted octanol–water partition coefficient (Wildman–Crippen LogP) is 3.65. The fourth-order valence-corrected chi connectivity index (χ4v) is 4.38. The van der Waals surface area contributed by atoms with Crippen molar-refractivity contribution < 1.29 is 4.79 Å². The zero-order chi connectivity index (χ0) is 21.2. The quantitative estimate of drug-likeness (QED) is 0.217. The molecule has 0 aliphatic carbocycles. The summed E-state index contributed by atoms with van der Waals surface area (Å²) in [7, 11) is 0. The number of hydrogen-bond donors (Lipinski definition) is 2. The number of rotatable bonds is 9. The highest BCUT2D eigenvalue weighted by Crippen LogP contribution is 2.27. The van der Waals surface area contributed by atoms with Gasteiger partial charge >= 0.3 is 0 Å². The third-order valence-electron chi connectivity index (χ3n) is 6.28. The van der Waals surface area contributed by atoms with Crippen LogP contribution in [0.2, 0.25) is 0 Å². The zero-order valence-electron chi connectivity index (χ0n) is 19.2. The summed E-state index contributed by atoms with van der Waals surface area (Å²) < 4.78 is 0. The van der Waals surface area contributed by atoms with E-state index in [2.05, 4.69) is 59.7 Å². The molecule has 31 heavy (non-hydrogen) atoms. The molecule has 2 aliphatic rings. The highest BCUT2D eigenvalue weighted by Gasteiger charge is 2.24. The molecule has 0 saturated carbocycles. The fraction of sp³-hybridized carbons (Fsp3) is 0.667. The van der Waals surface area contributed by atoms with E-state index >= 15 is 0 Å². The molecule has 1 amide bonds. The summed E-state index contributed by atoms with van der Waals surface area (Å²) in [6.45, 7) is 10.9. The average Bonchev–Trinajstić information content (AvgIpc) is 3.18. The van der Waals surface area contributed by atoms with Crippen LogP contribution in [0.25, 0.3) is 0 Å². The molecule has 2 fully saturated rings. The molecular weight excluding hydrogens is 501 g/mol. The van der Waals surface area contributed by atoms with Gasteiger partial charge in [-0.1, -0.05) is 37.3 Å². The summed E-state index contributed by atoms with van der Waals surface area (Å²) in [6, 6.07) is 11.1. The minimum Gasteiger partial charge on any atom is -0.357 e. The van der Waals surface area contributed by atoms with Gasteiger partial charge in [-0.05, 0) is 57.2 Å². The lowest BCUT2D eigenvalue weighted by molar-refractivity contribution is -0.127. The van der Waals surface area contributed by atoms with Crippen LogP contribution in [0.3, 0.4) is 0 Å². The summed E-state index contributed by atoms with van der Waals surface area (Å²) in [5.41, 5.74) is 1.35. The number of guanidine groups is 1. The van der Waals surface area contributed by atoms with Gasteiger partial charge in [-0.15, -0.1) is 24.0 Å². The average molecular weight is 542 g/mol. The molecule has 1 atom stereocenters. The normalized spacial score (nSPS) is 19.2. The van der Waals surface area contributed by atoms with Crippen LogP contribution in [-0.4, -0.2) is 67.5 Å². The van der Waals surface area contributed by atoms with E-state index in [1.807, 2.05) is 4.90 Å². The lowest BCUT2D eigenvalue weighted by atomic mass is 9.96. The van der Waals surface area contributed by atoms with Crippen LogP contribution in [-0.2, 0) is 4.79 Å². The van der Waals surface area contributed by atoms with Crippen molar-refractivity contribution in [3.8, 4) is 0 Å². The van der Waals surface area contributed by atoms with E-state index in [-0.39, 0.29) is 24.0 Å². The Morgan fingerprint density at radius 3 is 2.55 bits per heavy atom. The highest BCUT2D eigenvalue weighted by atomic mass is 127. The Hall–Kier alpha value is -1.35. The molecule has 1 unspecified atom stereocenters. The summed E-state index contributed by atoms with van der Waals surface area (Å²) in [4.78, 5) is 21.3. The number of benzene rings is 1. The molecule has 6 nitrogen and oxygen atoms in total. The second kappa shape index (κ2) is 13.9. The van der Waals surface area contributed by atoms with Crippen LogP contribution >= 0.6 is 24.0 Å². The Kier molecular flexibility index (Phi) is 11.6. The van der Waals surface area contributed by atoms with Crippen molar-refractivity contribution in [2.75, 3.05) is 45.8 Å². The zero-order valence-corrected chi connectivity index (χ0v) is 21.5. The highest BCUT2D eigenvalue weighted by molar-refractivity contribution is 14.0. The van der Waals surface area contributed by atoms with Gasteiger partial charge in [0.05, 0.1) is 12.6 Å². The number of hydrogen-bond acceptors (Lipinski definition) is 3. The summed E-state index contributed by atoms with van der Waals surface area (Å²) in [5.74, 6) is 2.00. The van der Waals surface area contributed by atoms with E-state index in [0.29, 0.717) is 18.4 Å². The van der Waals surface area contributed by atoms with Crippen LogP contribution in [0.15, 0.2) is 35.3 Å². The van der Waals surface area contributed by atoms with E-state index in [1.54, 1.807) is 0 Å². The first-order valence-corrected chi connectivity index (χ1v) is 11.8. The molecule has 174 valence electrons. The standard InChI is InChI=1S/C24H39N5O.HI/c1-3-25-24(26-14-8-16-29-15-7-11-23(29)30)27-19-22(21-9-5-4-6-10-21)28-17-12-20(2)13-18-28;/h4-6,9-10,20,22H,3,7-8,11-19H2,1-2H3,(H2,25,26,27);1H. The van der Waals surface area contributed by atoms with Crippen molar-refractivity contribution in [1.29, 1.82) is 0 Å². The van der Waals surface area contributed by atoms with Crippen molar-refractivity contribution in [3.63, 3.8) is 0 Å². The van der Waals surface area contributed by atoms with E-state index in [1.165, 1.54) is 18.4 Å². The van der Waals surface area contributed by atoms with Gasteiger partial charge in [0, 0.05) is 32.6 Å². The van der Waals surface area contributed by atoms with Crippen molar-refractivity contribution in [2.24, 2.45) is 10.9 Å². The van der Waals surface area contributed by atoms with Crippen LogP contribution in [0.1, 0.15) is 57.6 Å². The lowest BCUT2D eigenvalue weighted by Crippen LogP contribution is -2.41. The Balaban J connectivity index is 0.00000341. The third-order valence-corrected chi connectivity index (χ3v) is 6.28. The molecule has 1 aromatic carbocycles. The van der Waals surface area contributed by atoms with E-state index in [9.17, 15) is 4.79 Å². The van der Waals surface area contributed by atoms with Crippen LogP contribution in [0, 0.1) is 5.92 Å². The Morgan fingerprint density at radius 1 is 1.16 bits per heavy atom. The molecule has 2 heterocycles. The maximum Gasteiger partial charge on any atom is 0.222 e. The first-order chi connectivity index (χ1) is 14.7. The SMILES string of the molecule is CCNC(=NCC(c1ccccc1)N1CCC(C)CC1)NCCCN1CCCC1=O.I. The maximum atomic E-state index is 11.8. The number of piperidine rings is 1. The molecule has 0 radical (unpaired) electrons. The van der Waals surface area contributed by atoms with Crippen molar-refractivity contribution in [3.05, 3.63) is 35.9 Å². The number of nitrogens with one attached hydrogen (secondary N) is 2. The number of nitrogens with zero attached hydrogens (tertiary/aromatic N) is 3. The molecule has 2 N–H and O–H groups in total. The van der Waals surface area contributed by atoms with E-state index in [0.717, 1.165) is 70.5 Å². The first-order valence-electron chi connectivity index (χ1n) is 11.8. The molecule has 2 saturated heterocycles. The molecule has 2 aliphatic heterocycles. The molecule has 0 aromatic heterocycles. The van der Waals surface area contributed by atoms with E-state index in [4.69, 9.17) is 4.99 Å². The number of amides is 1.